The molecule has 1 aliphatic carbocycles. The number of fused-ring (bicyclic) bond motifs is 1. The van der Waals surface area contributed by atoms with Crippen molar-refractivity contribution in [3.63, 3.8) is 0 Å². The van der Waals surface area contributed by atoms with Crippen molar-refractivity contribution in [2.45, 2.75) is 19.3 Å². The number of piperazine rings is 1. The lowest BCUT2D eigenvalue weighted by Crippen LogP contribution is -2.45. The van der Waals surface area contributed by atoms with Crippen molar-refractivity contribution in [1.29, 1.82) is 0 Å². The molecular formula is C19H23N5O. The van der Waals surface area contributed by atoms with Gasteiger partial charge < -0.3 is 15.1 Å². The summed E-state index contributed by atoms with van der Waals surface area (Å²) >= 11 is 0. The molecule has 6 nitrogen and oxygen atoms in total. The molecule has 1 fully saturated rings. The summed E-state index contributed by atoms with van der Waals surface area (Å²) in [6, 6.07) is 9.88. The third kappa shape index (κ3) is 3.35. The van der Waals surface area contributed by atoms with E-state index in [1.54, 1.807) is 0 Å². The zero-order valence-corrected chi connectivity index (χ0v) is 14.5. The quantitative estimate of drug-likeness (QED) is 0.928. The molecule has 2 heterocycles. The summed E-state index contributed by atoms with van der Waals surface area (Å²) in [6.07, 6.45) is 2.29. The van der Waals surface area contributed by atoms with Crippen LogP contribution < -0.4 is 10.2 Å². The van der Waals surface area contributed by atoms with Crippen LogP contribution in [0.25, 0.3) is 0 Å². The molecule has 25 heavy (non-hydrogen) atoms. The van der Waals surface area contributed by atoms with Gasteiger partial charge in [0.15, 0.2) is 5.78 Å². The van der Waals surface area contributed by atoms with E-state index in [2.05, 4.69) is 22.2 Å². The summed E-state index contributed by atoms with van der Waals surface area (Å²) in [4.78, 5) is 26.5. The first-order valence-electron chi connectivity index (χ1n) is 8.90. The van der Waals surface area contributed by atoms with Gasteiger partial charge in [-0.15, -0.1) is 0 Å². The Balaban J connectivity index is 1.72. The van der Waals surface area contributed by atoms with Gasteiger partial charge in [0.25, 0.3) is 0 Å². The van der Waals surface area contributed by atoms with E-state index in [4.69, 9.17) is 9.97 Å². The zero-order chi connectivity index (χ0) is 17.2. The third-order valence-electron chi connectivity index (χ3n) is 4.89. The van der Waals surface area contributed by atoms with E-state index in [-0.39, 0.29) is 5.78 Å². The summed E-state index contributed by atoms with van der Waals surface area (Å²) in [5.41, 5.74) is 2.50. The fraction of sp³-hybridized carbons (Fsp3) is 0.421. The van der Waals surface area contributed by atoms with Gasteiger partial charge in [-0.1, -0.05) is 18.2 Å². The summed E-state index contributed by atoms with van der Waals surface area (Å²) < 4.78 is 0. The van der Waals surface area contributed by atoms with Gasteiger partial charge in [0.1, 0.15) is 5.82 Å². The monoisotopic (exact) mass is 337 g/mol. The molecule has 130 valence electrons. The number of anilines is 3. The van der Waals surface area contributed by atoms with Crippen molar-refractivity contribution in [1.82, 2.24) is 14.9 Å². The van der Waals surface area contributed by atoms with Crippen molar-refractivity contribution in [3.05, 3.63) is 41.6 Å². The van der Waals surface area contributed by atoms with E-state index >= 15 is 0 Å². The Kier molecular flexibility index (Phi) is 4.36. The van der Waals surface area contributed by atoms with Crippen LogP contribution in [0.4, 0.5) is 17.5 Å². The lowest BCUT2D eigenvalue weighted by Gasteiger charge is -2.33. The molecule has 0 atom stereocenters. The van der Waals surface area contributed by atoms with Crippen LogP contribution >= 0.6 is 0 Å². The molecule has 0 saturated carbocycles. The number of hydrogen-bond donors (Lipinski definition) is 1. The smallest absolute Gasteiger partial charge is 0.227 e. The number of aryl methyl sites for hydroxylation is 1. The van der Waals surface area contributed by atoms with Crippen LogP contribution in [0.2, 0.25) is 0 Å². The van der Waals surface area contributed by atoms with E-state index in [1.807, 2.05) is 30.3 Å². The first-order valence-corrected chi connectivity index (χ1v) is 8.90. The molecule has 1 aromatic heterocycles. The Morgan fingerprint density at radius 3 is 2.52 bits per heavy atom. The second-order valence-electron chi connectivity index (χ2n) is 6.75. The Hall–Kier alpha value is -2.47. The summed E-state index contributed by atoms with van der Waals surface area (Å²) in [5, 5.41) is 3.34. The van der Waals surface area contributed by atoms with E-state index < -0.39 is 0 Å². The minimum absolute atomic E-state index is 0.143. The number of para-hydroxylation sites is 1. The second-order valence-corrected chi connectivity index (χ2v) is 6.75. The van der Waals surface area contributed by atoms with Crippen molar-refractivity contribution < 1.29 is 4.79 Å². The molecule has 0 amide bonds. The number of likely N-dealkylation sites (N-methyl/N-ethyl adjacent to an activating group) is 1. The number of aromatic nitrogens is 2. The maximum absolute atomic E-state index is 12.5. The van der Waals surface area contributed by atoms with Gasteiger partial charge in [0.2, 0.25) is 5.95 Å². The fourth-order valence-corrected chi connectivity index (χ4v) is 3.41. The number of carbonyl (C=O) groups is 1. The molecule has 1 N–H and O–H groups in total. The van der Waals surface area contributed by atoms with E-state index in [0.29, 0.717) is 17.8 Å². The van der Waals surface area contributed by atoms with E-state index in [9.17, 15) is 4.79 Å². The Morgan fingerprint density at radius 2 is 1.76 bits per heavy atom. The number of rotatable bonds is 3. The van der Waals surface area contributed by atoms with Gasteiger partial charge in [-0.2, -0.15) is 4.98 Å². The highest BCUT2D eigenvalue weighted by Crippen LogP contribution is 2.30. The molecule has 1 aromatic carbocycles. The van der Waals surface area contributed by atoms with Crippen molar-refractivity contribution >= 4 is 23.2 Å². The number of carbonyl (C=O) groups excluding carboxylic acids is 1. The van der Waals surface area contributed by atoms with Crippen LogP contribution in [0.5, 0.6) is 0 Å². The summed E-state index contributed by atoms with van der Waals surface area (Å²) in [5.74, 6) is 1.53. The molecule has 4 rings (SSSR count). The second kappa shape index (κ2) is 6.80. The number of hydrogen-bond acceptors (Lipinski definition) is 6. The molecule has 2 aromatic rings. The normalized spacial score (nSPS) is 18.1. The summed E-state index contributed by atoms with van der Waals surface area (Å²) in [6.45, 7) is 3.82. The fourth-order valence-electron chi connectivity index (χ4n) is 3.41. The molecule has 0 unspecified atom stereocenters. The molecule has 0 bridgehead atoms. The molecule has 2 aliphatic rings. The highest BCUT2D eigenvalue weighted by atomic mass is 16.1. The minimum atomic E-state index is 0.143. The Bertz CT molecular complexity index is 769. The number of nitrogens with zero attached hydrogens (tertiary/aromatic N) is 4. The first kappa shape index (κ1) is 16.0. The predicted octanol–water partition coefficient (Wildman–Crippen LogP) is 2.49. The predicted molar refractivity (Wildman–Crippen MR) is 98.7 cm³/mol. The largest absolute Gasteiger partial charge is 0.339 e. The standard InChI is InChI=1S/C19H23N5O/c1-23-10-12-24(13-11-23)19-21-15-8-5-9-16(25)17(15)18(22-19)20-14-6-3-2-4-7-14/h2-4,6-7H,5,8-13H2,1H3,(H,20,21,22). The Morgan fingerprint density at radius 1 is 1.00 bits per heavy atom. The first-order chi connectivity index (χ1) is 12.2. The average Bonchev–Trinajstić information content (AvgIpc) is 2.63. The molecule has 0 radical (unpaired) electrons. The van der Waals surface area contributed by atoms with Crippen LogP contribution in [0, 0.1) is 0 Å². The number of Topliss-reactive ketones (excluding diaryl/α,β-unsaturated/α-hetero) is 1. The maximum Gasteiger partial charge on any atom is 0.227 e. The highest BCUT2D eigenvalue weighted by Gasteiger charge is 2.26. The van der Waals surface area contributed by atoms with Gasteiger partial charge >= 0.3 is 0 Å². The van der Waals surface area contributed by atoms with Gasteiger partial charge in [-0.3, -0.25) is 4.79 Å². The molecule has 6 heteroatoms. The van der Waals surface area contributed by atoms with Crippen LogP contribution in [0.1, 0.15) is 28.9 Å². The minimum Gasteiger partial charge on any atom is -0.339 e. The number of benzene rings is 1. The summed E-state index contributed by atoms with van der Waals surface area (Å²) in [7, 11) is 2.13. The van der Waals surface area contributed by atoms with Gasteiger partial charge in [0, 0.05) is 38.3 Å². The van der Waals surface area contributed by atoms with Crippen molar-refractivity contribution in [3.8, 4) is 0 Å². The topological polar surface area (TPSA) is 61.4 Å². The highest BCUT2D eigenvalue weighted by molar-refractivity contribution is 6.03. The SMILES string of the molecule is CN1CCN(c2nc3c(c(Nc4ccccc4)n2)C(=O)CCC3)CC1. The van der Waals surface area contributed by atoms with Crippen LogP contribution in [0.15, 0.2) is 30.3 Å². The number of ketones is 1. The lowest BCUT2D eigenvalue weighted by molar-refractivity contribution is 0.0972. The molecule has 0 spiro atoms. The molecule has 1 aliphatic heterocycles. The number of nitrogens with one attached hydrogen (secondary N) is 1. The van der Waals surface area contributed by atoms with Gasteiger partial charge in [-0.25, -0.2) is 4.98 Å². The van der Waals surface area contributed by atoms with Crippen LogP contribution in [0.3, 0.4) is 0 Å². The van der Waals surface area contributed by atoms with Crippen molar-refractivity contribution in [2.75, 3.05) is 43.4 Å². The van der Waals surface area contributed by atoms with Crippen molar-refractivity contribution in [2.24, 2.45) is 0 Å². The molecular weight excluding hydrogens is 314 g/mol. The van der Waals surface area contributed by atoms with Crippen LogP contribution in [-0.2, 0) is 6.42 Å². The molecule has 1 saturated heterocycles. The Labute approximate surface area is 147 Å². The third-order valence-corrected chi connectivity index (χ3v) is 4.89. The van der Waals surface area contributed by atoms with E-state index in [1.165, 1.54) is 0 Å². The van der Waals surface area contributed by atoms with E-state index in [0.717, 1.165) is 56.4 Å². The van der Waals surface area contributed by atoms with Gasteiger partial charge in [-0.05, 0) is 32.0 Å². The van der Waals surface area contributed by atoms with Crippen LogP contribution in [-0.4, -0.2) is 53.9 Å². The zero-order valence-electron chi connectivity index (χ0n) is 14.5. The average molecular weight is 337 g/mol. The van der Waals surface area contributed by atoms with Gasteiger partial charge in [0.05, 0.1) is 11.3 Å². The lowest BCUT2D eigenvalue weighted by atomic mass is 9.95. The maximum atomic E-state index is 12.5.